The number of pyridine rings is 1. The van der Waals surface area contributed by atoms with Gasteiger partial charge in [0, 0.05) is 0 Å². The van der Waals surface area contributed by atoms with Crippen molar-refractivity contribution in [1.29, 1.82) is 0 Å². The molecular weight excluding hydrogens is 270 g/mol. The van der Waals surface area contributed by atoms with Crippen LogP contribution in [0.25, 0.3) is 0 Å². The molecule has 1 aromatic heterocycles. The van der Waals surface area contributed by atoms with Crippen LogP contribution in [0.2, 0.25) is 0 Å². The SMILES string of the molecule is N[C@@H](C(=O)Nc1ccc(CC(=O)O)nc1)c1ccccc1. The zero-order chi connectivity index (χ0) is 15.2. The second-order valence-corrected chi connectivity index (χ2v) is 4.49. The Kier molecular flexibility index (Phi) is 4.63. The van der Waals surface area contributed by atoms with Gasteiger partial charge in [-0.2, -0.15) is 0 Å². The van der Waals surface area contributed by atoms with Gasteiger partial charge in [-0.15, -0.1) is 0 Å². The molecule has 108 valence electrons. The zero-order valence-corrected chi connectivity index (χ0v) is 11.2. The fraction of sp³-hybridized carbons (Fsp3) is 0.133. The molecule has 2 aromatic rings. The van der Waals surface area contributed by atoms with Crippen LogP contribution in [0, 0.1) is 0 Å². The van der Waals surface area contributed by atoms with Crippen LogP contribution in [0.3, 0.4) is 0 Å². The first-order chi connectivity index (χ1) is 10.1. The number of nitrogens with two attached hydrogens (primary N) is 1. The Labute approximate surface area is 121 Å². The smallest absolute Gasteiger partial charge is 0.309 e. The molecular formula is C15H15N3O3. The standard InChI is InChI=1S/C15H15N3O3/c16-14(10-4-2-1-3-5-10)15(21)18-12-7-6-11(17-9-12)8-13(19)20/h1-7,9,14H,8,16H2,(H,18,21)(H,19,20)/t14-/m1/s1. The van der Waals surface area contributed by atoms with E-state index in [1.165, 1.54) is 6.20 Å². The molecule has 21 heavy (non-hydrogen) atoms. The molecule has 0 aliphatic rings. The molecule has 0 radical (unpaired) electrons. The molecule has 0 saturated carbocycles. The first kappa shape index (κ1) is 14.7. The molecule has 0 spiro atoms. The number of amides is 1. The highest BCUT2D eigenvalue weighted by molar-refractivity contribution is 5.95. The van der Waals surface area contributed by atoms with Gasteiger partial charge in [0.15, 0.2) is 0 Å². The molecule has 0 saturated heterocycles. The summed E-state index contributed by atoms with van der Waals surface area (Å²) in [6, 6.07) is 11.4. The monoisotopic (exact) mass is 285 g/mol. The third-order valence-corrected chi connectivity index (χ3v) is 2.87. The topological polar surface area (TPSA) is 105 Å². The average molecular weight is 285 g/mol. The summed E-state index contributed by atoms with van der Waals surface area (Å²) in [5.74, 6) is -1.31. The molecule has 6 nitrogen and oxygen atoms in total. The number of hydrogen-bond donors (Lipinski definition) is 3. The number of nitrogens with one attached hydrogen (secondary N) is 1. The molecule has 0 bridgehead atoms. The summed E-state index contributed by atoms with van der Waals surface area (Å²) in [5, 5.41) is 11.3. The minimum atomic E-state index is -0.953. The molecule has 1 heterocycles. The van der Waals surface area contributed by atoms with E-state index < -0.39 is 12.0 Å². The number of anilines is 1. The van der Waals surface area contributed by atoms with E-state index in [2.05, 4.69) is 10.3 Å². The van der Waals surface area contributed by atoms with Crippen molar-refractivity contribution in [2.75, 3.05) is 5.32 Å². The Morgan fingerprint density at radius 1 is 1.19 bits per heavy atom. The van der Waals surface area contributed by atoms with Gasteiger partial charge < -0.3 is 16.2 Å². The third kappa shape index (κ3) is 4.12. The molecule has 0 fully saturated rings. The van der Waals surface area contributed by atoms with E-state index in [-0.39, 0.29) is 12.3 Å². The summed E-state index contributed by atoms with van der Waals surface area (Å²) in [6.07, 6.45) is 1.26. The van der Waals surface area contributed by atoms with Crippen LogP contribution in [0.4, 0.5) is 5.69 Å². The van der Waals surface area contributed by atoms with Gasteiger partial charge in [-0.3, -0.25) is 14.6 Å². The van der Waals surface area contributed by atoms with E-state index >= 15 is 0 Å². The lowest BCUT2D eigenvalue weighted by Gasteiger charge is -2.12. The van der Waals surface area contributed by atoms with Gasteiger partial charge in [0.25, 0.3) is 0 Å². The fourth-order valence-corrected chi connectivity index (χ4v) is 1.79. The van der Waals surface area contributed by atoms with Gasteiger partial charge in [0.05, 0.1) is 24.0 Å². The van der Waals surface area contributed by atoms with Crippen LogP contribution in [0.5, 0.6) is 0 Å². The molecule has 1 aromatic carbocycles. The van der Waals surface area contributed by atoms with Gasteiger partial charge in [0.2, 0.25) is 5.91 Å². The number of nitrogens with zero attached hydrogens (tertiary/aromatic N) is 1. The number of hydrogen-bond acceptors (Lipinski definition) is 4. The third-order valence-electron chi connectivity index (χ3n) is 2.87. The number of aliphatic carboxylic acids is 1. The largest absolute Gasteiger partial charge is 0.481 e. The Morgan fingerprint density at radius 3 is 2.48 bits per heavy atom. The van der Waals surface area contributed by atoms with E-state index in [0.29, 0.717) is 16.9 Å². The maximum atomic E-state index is 12.0. The summed E-state index contributed by atoms with van der Waals surface area (Å²) < 4.78 is 0. The van der Waals surface area contributed by atoms with Crippen LogP contribution in [0.1, 0.15) is 17.3 Å². The van der Waals surface area contributed by atoms with E-state index in [1.54, 1.807) is 24.3 Å². The minimum absolute atomic E-state index is 0.155. The van der Waals surface area contributed by atoms with Crippen molar-refractivity contribution in [3.05, 3.63) is 59.9 Å². The van der Waals surface area contributed by atoms with Crippen LogP contribution in [-0.4, -0.2) is 22.0 Å². The van der Waals surface area contributed by atoms with Crippen LogP contribution in [-0.2, 0) is 16.0 Å². The van der Waals surface area contributed by atoms with Crippen molar-refractivity contribution in [3.63, 3.8) is 0 Å². The van der Waals surface area contributed by atoms with Crippen LogP contribution >= 0.6 is 0 Å². The number of benzene rings is 1. The second kappa shape index (κ2) is 6.62. The molecule has 0 unspecified atom stereocenters. The highest BCUT2D eigenvalue weighted by Crippen LogP contribution is 2.13. The number of rotatable bonds is 5. The van der Waals surface area contributed by atoms with Gasteiger partial charge in [-0.05, 0) is 17.7 Å². The lowest BCUT2D eigenvalue weighted by atomic mass is 10.1. The molecule has 1 amide bonds. The fourth-order valence-electron chi connectivity index (χ4n) is 1.79. The normalized spacial score (nSPS) is 11.7. The van der Waals surface area contributed by atoms with Gasteiger partial charge in [-0.1, -0.05) is 30.3 Å². The van der Waals surface area contributed by atoms with Crippen molar-refractivity contribution in [3.8, 4) is 0 Å². The number of aromatic nitrogens is 1. The number of carbonyl (C=O) groups excluding carboxylic acids is 1. The van der Waals surface area contributed by atoms with Crippen LogP contribution < -0.4 is 11.1 Å². The Balaban J connectivity index is 2.01. The number of carboxylic acid groups (broad SMARTS) is 1. The minimum Gasteiger partial charge on any atom is -0.481 e. The summed E-state index contributed by atoms with van der Waals surface area (Å²) in [6.45, 7) is 0. The number of carbonyl (C=O) groups is 2. The van der Waals surface area contributed by atoms with E-state index in [0.717, 1.165) is 0 Å². The van der Waals surface area contributed by atoms with E-state index in [1.807, 2.05) is 18.2 Å². The Hall–Kier alpha value is -2.73. The predicted molar refractivity (Wildman–Crippen MR) is 77.6 cm³/mol. The maximum Gasteiger partial charge on any atom is 0.309 e. The highest BCUT2D eigenvalue weighted by Gasteiger charge is 2.15. The lowest BCUT2D eigenvalue weighted by molar-refractivity contribution is -0.136. The van der Waals surface area contributed by atoms with Crippen LogP contribution in [0.15, 0.2) is 48.7 Å². The molecule has 6 heteroatoms. The summed E-state index contributed by atoms with van der Waals surface area (Å²) >= 11 is 0. The lowest BCUT2D eigenvalue weighted by Crippen LogP contribution is -2.27. The van der Waals surface area contributed by atoms with E-state index in [4.69, 9.17) is 10.8 Å². The van der Waals surface area contributed by atoms with Gasteiger partial charge in [-0.25, -0.2) is 0 Å². The van der Waals surface area contributed by atoms with Crippen molar-refractivity contribution < 1.29 is 14.7 Å². The average Bonchev–Trinajstić information content (AvgIpc) is 2.49. The van der Waals surface area contributed by atoms with Crippen molar-refractivity contribution in [2.24, 2.45) is 5.73 Å². The van der Waals surface area contributed by atoms with Gasteiger partial charge in [0.1, 0.15) is 6.04 Å². The molecule has 4 N–H and O–H groups in total. The van der Waals surface area contributed by atoms with Crippen molar-refractivity contribution in [2.45, 2.75) is 12.5 Å². The molecule has 0 aliphatic heterocycles. The maximum absolute atomic E-state index is 12.0. The summed E-state index contributed by atoms with van der Waals surface area (Å²) in [7, 11) is 0. The molecule has 1 atom stereocenters. The predicted octanol–water partition coefficient (Wildman–Crippen LogP) is 1.35. The first-order valence-corrected chi connectivity index (χ1v) is 6.34. The molecule has 0 aliphatic carbocycles. The Morgan fingerprint density at radius 2 is 1.90 bits per heavy atom. The van der Waals surface area contributed by atoms with E-state index in [9.17, 15) is 9.59 Å². The van der Waals surface area contributed by atoms with Gasteiger partial charge >= 0.3 is 5.97 Å². The Bertz CT molecular complexity index is 626. The first-order valence-electron chi connectivity index (χ1n) is 6.34. The second-order valence-electron chi connectivity index (χ2n) is 4.49. The molecule has 2 rings (SSSR count). The summed E-state index contributed by atoms with van der Waals surface area (Å²) in [5.41, 5.74) is 7.48. The van der Waals surface area contributed by atoms with Crippen molar-refractivity contribution >= 4 is 17.6 Å². The zero-order valence-electron chi connectivity index (χ0n) is 11.2. The quantitative estimate of drug-likeness (QED) is 0.769. The van der Waals surface area contributed by atoms with Crippen molar-refractivity contribution in [1.82, 2.24) is 4.98 Å². The summed E-state index contributed by atoms with van der Waals surface area (Å²) in [4.78, 5) is 26.5. The highest BCUT2D eigenvalue weighted by atomic mass is 16.4. The number of carboxylic acids is 1.